The Morgan fingerprint density at radius 3 is 3.08 bits per heavy atom. The van der Waals surface area contributed by atoms with Crippen molar-refractivity contribution in [3.05, 3.63) is 12.3 Å². The van der Waals surface area contributed by atoms with E-state index in [1.165, 1.54) is 0 Å². The zero-order valence-electron chi connectivity index (χ0n) is 7.75. The molecule has 1 aromatic rings. The lowest BCUT2D eigenvalue weighted by Crippen LogP contribution is -2.22. The van der Waals surface area contributed by atoms with Crippen LogP contribution in [0, 0.1) is 12.3 Å². The minimum absolute atomic E-state index is 0.615. The van der Waals surface area contributed by atoms with Crippen molar-refractivity contribution in [1.82, 2.24) is 15.1 Å². The van der Waals surface area contributed by atoms with Crippen LogP contribution in [0.2, 0.25) is 0 Å². The Hall–Kier alpha value is -1.47. The minimum atomic E-state index is 0.615. The maximum absolute atomic E-state index is 5.08. The highest BCUT2D eigenvalue weighted by atomic mass is 15.3. The molecule has 0 bridgehead atoms. The van der Waals surface area contributed by atoms with Gasteiger partial charge >= 0.3 is 0 Å². The summed E-state index contributed by atoms with van der Waals surface area (Å²) in [5, 5.41) is 10.4. The molecule has 4 nitrogen and oxygen atoms in total. The van der Waals surface area contributed by atoms with Crippen LogP contribution in [0.4, 0.5) is 5.82 Å². The van der Waals surface area contributed by atoms with Crippen LogP contribution in [0.15, 0.2) is 12.3 Å². The third kappa shape index (κ3) is 3.63. The molecular weight excluding hydrogens is 164 g/mol. The van der Waals surface area contributed by atoms with Gasteiger partial charge < -0.3 is 10.6 Å². The predicted octanol–water partition coefficient (Wildman–Crippen LogP) is 0.0548. The second-order valence-electron chi connectivity index (χ2n) is 2.68. The van der Waals surface area contributed by atoms with E-state index < -0.39 is 0 Å². The fourth-order valence-electron chi connectivity index (χ4n) is 0.949. The number of nitrogens with one attached hydrogen (secondary N) is 2. The van der Waals surface area contributed by atoms with Crippen LogP contribution in [-0.4, -0.2) is 29.4 Å². The van der Waals surface area contributed by atoms with Gasteiger partial charge in [0.15, 0.2) is 0 Å². The average Bonchev–Trinajstić information content (AvgIpc) is 2.51. The van der Waals surface area contributed by atoms with E-state index in [4.69, 9.17) is 6.42 Å². The summed E-state index contributed by atoms with van der Waals surface area (Å²) in [5.74, 6) is 3.41. The minimum Gasteiger partial charge on any atom is -0.367 e. The number of hydrogen-bond acceptors (Lipinski definition) is 3. The lowest BCUT2D eigenvalue weighted by atomic mass is 10.5. The van der Waals surface area contributed by atoms with Crippen LogP contribution in [0.1, 0.15) is 0 Å². The number of aromatic nitrogens is 2. The van der Waals surface area contributed by atoms with E-state index in [-0.39, 0.29) is 0 Å². The number of nitrogens with zero attached hydrogens (tertiary/aromatic N) is 2. The zero-order chi connectivity index (χ0) is 9.52. The van der Waals surface area contributed by atoms with Crippen LogP contribution in [0.3, 0.4) is 0 Å². The van der Waals surface area contributed by atoms with Crippen molar-refractivity contribution in [2.75, 3.05) is 25.0 Å². The second kappa shape index (κ2) is 5.22. The van der Waals surface area contributed by atoms with Crippen molar-refractivity contribution in [1.29, 1.82) is 0 Å². The Bertz CT molecular complexity index is 284. The molecule has 2 N–H and O–H groups in total. The van der Waals surface area contributed by atoms with Crippen molar-refractivity contribution in [3.63, 3.8) is 0 Å². The number of aryl methyl sites for hydroxylation is 1. The molecule has 0 aliphatic rings. The highest BCUT2D eigenvalue weighted by molar-refractivity contribution is 5.31. The number of hydrogen-bond donors (Lipinski definition) is 2. The summed E-state index contributed by atoms with van der Waals surface area (Å²) in [5.41, 5.74) is 0. The molecular formula is C9H14N4. The third-order valence-corrected chi connectivity index (χ3v) is 1.55. The molecule has 0 atom stereocenters. The SMILES string of the molecule is C#CCNCCNc1ccn(C)n1. The fraction of sp³-hybridized carbons (Fsp3) is 0.444. The van der Waals surface area contributed by atoms with E-state index >= 15 is 0 Å². The molecule has 0 aliphatic heterocycles. The summed E-state index contributed by atoms with van der Waals surface area (Å²) in [6, 6.07) is 1.93. The topological polar surface area (TPSA) is 41.9 Å². The van der Waals surface area contributed by atoms with E-state index in [0.717, 1.165) is 18.9 Å². The van der Waals surface area contributed by atoms with Crippen molar-refractivity contribution in [2.24, 2.45) is 7.05 Å². The maximum Gasteiger partial charge on any atom is 0.148 e. The normalized spacial score (nSPS) is 9.54. The summed E-state index contributed by atoms with van der Waals surface area (Å²) >= 11 is 0. The highest BCUT2D eigenvalue weighted by Gasteiger charge is 1.92. The molecule has 0 amide bonds. The molecule has 70 valence electrons. The van der Waals surface area contributed by atoms with Gasteiger partial charge in [-0.1, -0.05) is 5.92 Å². The van der Waals surface area contributed by atoms with Gasteiger partial charge in [-0.3, -0.25) is 4.68 Å². The van der Waals surface area contributed by atoms with Gasteiger partial charge in [0.1, 0.15) is 5.82 Å². The van der Waals surface area contributed by atoms with Gasteiger partial charge in [-0.15, -0.1) is 6.42 Å². The largest absolute Gasteiger partial charge is 0.367 e. The van der Waals surface area contributed by atoms with Crippen LogP contribution in [-0.2, 0) is 7.05 Å². The van der Waals surface area contributed by atoms with Crippen LogP contribution < -0.4 is 10.6 Å². The van der Waals surface area contributed by atoms with Gasteiger partial charge in [0.05, 0.1) is 6.54 Å². The molecule has 0 spiro atoms. The van der Waals surface area contributed by atoms with Crippen molar-refractivity contribution >= 4 is 5.82 Å². The molecule has 0 saturated heterocycles. The Labute approximate surface area is 78.3 Å². The predicted molar refractivity (Wildman–Crippen MR) is 53.4 cm³/mol. The Kier molecular flexibility index (Phi) is 3.86. The van der Waals surface area contributed by atoms with E-state index in [1.54, 1.807) is 4.68 Å². The summed E-state index contributed by atoms with van der Waals surface area (Å²) in [4.78, 5) is 0. The molecule has 4 heteroatoms. The van der Waals surface area contributed by atoms with Gasteiger partial charge in [-0.25, -0.2) is 0 Å². The molecule has 1 rings (SSSR count). The number of rotatable bonds is 5. The molecule has 0 aromatic carbocycles. The van der Waals surface area contributed by atoms with Crippen molar-refractivity contribution in [3.8, 4) is 12.3 Å². The van der Waals surface area contributed by atoms with Gasteiger partial charge in [0.25, 0.3) is 0 Å². The summed E-state index contributed by atoms with van der Waals surface area (Å²) in [6.45, 7) is 2.30. The molecule has 1 aromatic heterocycles. The molecule has 0 fully saturated rings. The molecule has 13 heavy (non-hydrogen) atoms. The smallest absolute Gasteiger partial charge is 0.148 e. The summed E-state index contributed by atoms with van der Waals surface area (Å²) in [6.07, 6.45) is 6.98. The lowest BCUT2D eigenvalue weighted by molar-refractivity contribution is 0.755. The average molecular weight is 178 g/mol. The summed E-state index contributed by atoms with van der Waals surface area (Å²) < 4.78 is 1.76. The lowest BCUT2D eigenvalue weighted by Gasteiger charge is -2.02. The highest BCUT2D eigenvalue weighted by Crippen LogP contribution is 1.98. The second-order valence-corrected chi connectivity index (χ2v) is 2.68. The molecule has 0 radical (unpaired) electrons. The molecule has 0 unspecified atom stereocenters. The standard InChI is InChI=1S/C9H14N4/c1-3-5-10-6-7-11-9-4-8-13(2)12-9/h1,4,8,10H,5-7H2,2H3,(H,11,12). The first-order chi connectivity index (χ1) is 6.33. The van der Waals surface area contributed by atoms with Crippen LogP contribution in [0.5, 0.6) is 0 Å². The maximum atomic E-state index is 5.08. The molecule has 1 heterocycles. The van der Waals surface area contributed by atoms with E-state index in [9.17, 15) is 0 Å². The van der Waals surface area contributed by atoms with Crippen LogP contribution in [0.25, 0.3) is 0 Å². The first kappa shape index (κ1) is 9.62. The Morgan fingerprint density at radius 1 is 1.62 bits per heavy atom. The molecule has 0 aliphatic carbocycles. The van der Waals surface area contributed by atoms with Gasteiger partial charge in [-0.05, 0) is 0 Å². The van der Waals surface area contributed by atoms with Crippen molar-refractivity contribution < 1.29 is 0 Å². The van der Waals surface area contributed by atoms with E-state index in [1.807, 2.05) is 19.3 Å². The number of anilines is 1. The number of terminal acetylenes is 1. The van der Waals surface area contributed by atoms with Crippen molar-refractivity contribution in [2.45, 2.75) is 0 Å². The van der Waals surface area contributed by atoms with Gasteiger partial charge in [-0.2, -0.15) is 5.10 Å². The van der Waals surface area contributed by atoms with Gasteiger partial charge in [0.2, 0.25) is 0 Å². The summed E-state index contributed by atoms with van der Waals surface area (Å²) in [7, 11) is 1.89. The van der Waals surface area contributed by atoms with Crippen LogP contribution >= 0.6 is 0 Å². The first-order valence-electron chi connectivity index (χ1n) is 4.20. The zero-order valence-corrected chi connectivity index (χ0v) is 7.75. The van der Waals surface area contributed by atoms with Gasteiger partial charge in [0, 0.05) is 32.4 Å². The van der Waals surface area contributed by atoms with E-state index in [0.29, 0.717) is 6.54 Å². The first-order valence-corrected chi connectivity index (χ1v) is 4.20. The Morgan fingerprint density at radius 2 is 2.46 bits per heavy atom. The third-order valence-electron chi connectivity index (χ3n) is 1.55. The monoisotopic (exact) mass is 178 g/mol. The fourth-order valence-corrected chi connectivity index (χ4v) is 0.949. The Balaban J connectivity index is 2.10. The quantitative estimate of drug-likeness (QED) is 0.494. The van der Waals surface area contributed by atoms with E-state index in [2.05, 4.69) is 21.7 Å². The molecule has 0 saturated carbocycles.